The number of fused-ring (bicyclic) bond motifs is 2. The van der Waals surface area contributed by atoms with Gasteiger partial charge in [-0.05, 0) is 73.4 Å². The van der Waals surface area contributed by atoms with Crippen molar-refractivity contribution in [1.29, 1.82) is 0 Å². The number of halogens is 1. The highest BCUT2D eigenvalue weighted by molar-refractivity contribution is 7.80. The molecule has 2 aliphatic heterocycles. The Bertz CT molecular complexity index is 1080. The van der Waals surface area contributed by atoms with E-state index in [4.69, 9.17) is 28.8 Å². The number of thiocarbonyl (C=S) groups is 1. The van der Waals surface area contributed by atoms with Crippen LogP contribution in [0, 0.1) is 5.92 Å². The number of pyridine rings is 1. The quantitative estimate of drug-likeness (QED) is 0.626. The number of hydrogen-bond donors (Lipinski definition) is 1. The maximum Gasteiger partial charge on any atom is 0.222 e. The Morgan fingerprint density at radius 2 is 1.83 bits per heavy atom. The molecule has 0 saturated carbocycles. The number of nitrogens with one attached hydrogen (secondary N) is 1. The van der Waals surface area contributed by atoms with Gasteiger partial charge < -0.3 is 10.3 Å². The molecular weight excluding hydrogens is 478 g/mol. The zero-order valence-corrected chi connectivity index (χ0v) is 22.0. The molecule has 3 aliphatic rings. The SMILES string of the molecule is CC(=S)NN1CCC(CC(=O)N2CCN(C3c4ccc(Cl)cc4CCc4cccnc43)CC2)CC1. The first-order valence-corrected chi connectivity index (χ1v) is 13.5. The molecule has 6 nitrogen and oxygen atoms in total. The standard InChI is InChI=1S/C27H34ClN5OS/c1-19(35)30-33-11-8-20(9-12-33)17-25(34)31-13-15-32(16-14-31)27-24-7-6-23(28)18-22(24)5-4-21-3-2-10-29-26(21)27/h2-3,6-7,10,18,20,27H,4-5,8-9,11-17H2,1H3,(H,30,35). The average molecular weight is 512 g/mol. The van der Waals surface area contributed by atoms with E-state index >= 15 is 0 Å². The van der Waals surface area contributed by atoms with Crippen LogP contribution in [0.25, 0.3) is 0 Å². The van der Waals surface area contributed by atoms with Crippen molar-refractivity contribution in [3.63, 3.8) is 0 Å². The third-order valence-corrected chi connectivity index (χ3v) is 8.00. The van der Waals surface area contributed by atoms with Crippen LogP contribution in [0.5, 0.6) is 0 Å². The van der Waals surface area contributed by atoms with Crippen LogP contribution < -0.4 is 5.43 Å². The smallest absolute Gasteiger partial charge is 0.222 e. The van der Waals surface area contributed by atoms with Crippen LogP contribution in [0.2, 0.25) is 5.02 Å². The molecule has 1 unspecified atom stereocenters. The van der Waals surface area contributed by atoms with E-state index in [1.807, 2.05) is 25.3 Å². The Kier molecular flexibility index (Phi) is 7.68. The molecule has 0 bridgehead atoms. The van der Waals surface area contributed by atoms with E-state index in [2.05, 4.69) is 38.4 Å². The van der Waals surface area contributed by atoms with Gasteiger partial charge in [0.25, 0.3) is 0 Å². The summed E-state index contributed by atoms with van der Waals surface area (Å²) >= 11 is 11.5. The summed E-state index contributed by atoms with van der Waals surface area (Å²) in [5, 5.41) is 2.96. The van der Waals surface area contributed by atoms with Crippen LogP contribution >= 0.6 is 23.8 Å². The number of nitrogens with zero attached hydrogens (tertiary/aromatic N) is 4. The van der Waals surface area contributed by atoms with Crippen molar-refractivity contribution in [3.8, 4) is 0 Å². The highest BCUT2D eigenvalue weighted by Gasteiger charge is 2.33. The van der Waals surface area contributed by atoms with Gasteiger partial charge in [0, 0.05) is 56.9 Å². The normalized spacial score (nSPS) is 21.7. The third kappa shape index (κ3) is 5.69. The molecule has 186 valence electrons. The van der Waals surface area contributed by atoms with E-state index in [0.29, 0.717) is 18.2 Å². The van der Waals surface area contributed by atoms with Crippen molar-refractivity contribution in [1.82, 2.24) is 25.2 Å². The van der Waals surface area contributed by atoms with E-state index < -0.39 is 0 Å². The molecule has 1 atom stereocenters. The van der Waals surface area contributed by atoms with Gasteiger partial charge in [-0.3, -0.25) is 14.7 Å². The van der Waals surface area contributed by atoms with Gasteiger partial charge in [-0.2, -0.15) is 0 Å². The predicted octanol–water partition coefficient (Wildman–Crippen LogP) is 4.02. The van der Waals surface area contributed by atoms with Crippen molar-refractivity contribution in [2.45, 2.75) is 45.1 Å². The molecule has 1 N–H and O–H groups in total. The third-order valence-electron chi connectivity index (χ3n) is 7.67. The fourth-order valence-corrected chi connectivity index (χ4v) is 6.15. The lowest BCUT2D eigenvalue weighted by atomic mass is 9.93. The summed E-state index contributed by atoms with van der Waals surface area (Å²) in [6.07, 6.45) is 6.57. The second-order valence-electron chi connectivity index (χ2n) is 10.0. The van der Waals surface area contributed by atoms with Gasteiger partial charge in [-0.15, -0.1) is 0 Å². The molecular formula is C27H34ClN5OS. The molecule has 5 rings (SSSR count). The summed E-state index contributed by atoms with van der Waals surface area (Å²) < 4.78 is 0. The maximum absolute atomic E-state index is 13.1. The maximum atomic E-state index is 13.1. The van der Waals surface area contributed by atoms with Crippen LogP contribution in [-0.4, -0.2) is 70.0 Å². The second kappa shape index (κ2) is 10.9. The second-order valence-corrected chi connectivity index (χ2v) is 11.1. The number of carbonyl (C=O) groups excluding carboxylic acids is 1. The first-order chi connectivity index (χ1) is 17.0. The first-order valence-electron chi connectivity index (χ1n) is 12.7. The van der Waals surface area contributed by atoms with Gasteiger partial charge in [0.2, 0.25) is 5.91 Å². The number of piperazine rings is 1. The van der Waals surface area contributed by atoms with Crippen molar-refractivity contribution >= 4 is 34.7 Å². The van der Waals surface area contributed by atoms with Gasteiger partial charge in [-0.1, -0.05) is 36.0 Å². The zero-order chi connectivity index (χ0) is 24.4. The van der Waals surface area contributed by atoms with Gasteiger partial charge in [0.1, 0.15) is 0 Å². The molecule has 2 fully saturated rings. The topological polar surface area (TPSA) is 51.7 Å². The zero-order valence-electron chi connectivity index (χ0n) is 20.4. The Hall–Kier alpha value is -2.06. The summed E-state index contributed by atoms with van der Waals surface area (Å²) in [5.74, 6) is 0.757. The van der Waals surface area contributed by atoms with Crippen LogP contribution in [-0.2, 0) is 17.6 Å². The number of hydrogen-bond acceptors (Lipinski definition) is 5. The molecule has 1 amide bonds. The van der Waals surface area contributed by atoms with E-state index in [1.54, 1.807) is 0 Å². The molecule has 2 saturated heterocycles. The minimum atomic E-state index is 0.111. The van der Waals surface area contributed by atoms with Crippen molar-refractivity contribution in [2.75, 3.05) is 39.3 Å². The summed E-state index contributed by atoms with van der Waals surface area (Å²) in [6.45, 7) is 7.03. The summed E-state index contributed by atoms with van der Waals surface area (Å²) in [5.41, 5.74) is 8.31. The largest absolute Gasteiger partial charge is 0.340 e. The Morgan fingerprint density at radius 3 is 2.57 bits per heavy atom. The minimum Gasteiger partial charge on any atom is -0.340 e. The van der Waals surface area contributed by atoms with E-state index in [9.17, 15) is 4.79 Å². The van der Waals surface area contributed by atoms with Crippen LogP contribution in [0.4, 0.5) is 0 Å². The minimum absolute atomic E-state index is 0.111. The molecule has 8 heteroatoms. The van der Waals surface area contributed by atoms with E-state index in [0.717, 1.165) is 80.7 Å². The number of rotatable bonds is 4. The summed E-state index contributed by atoms with van der Waals surface area (Å²) in [4.78, 5) is 23.3. The number of benzene rings is 1. The van der Waals surface area contributed by atoms with Gasteiger partial charge in [0.15, 0.2) is 0 Å². The number of aromatic nitrogens is 1. The lowest BCUT2D eigenvalue weighted by Crippen LogP contribution is -2.51. The molecule has 3 heterocycles. The number of carbonyl (C=O) groups is 1. The van der Waals surface area contributed by atoms with Gasteiger partial charge in [0.05, 0.1) is 16.7 Å². The molecule has 1 aliphatic carbocycles. The van der Waals surface area contributed by atoms with E-state index in [-0.39, 0.29) is 6.04 Å². The lowest BCUT2D eigenvalue weighted by Gasteiger charge is -2.40. The molecule has 2 aromatic rings. The van der Waals surface area contributed by atoms with E-state index in [1.165, 1.54) is 16.7 Å². The molecule has 0 spiro atoms. The fourth-order valence-electron chi connectivity index (χ4n) is 5.83. The molecule has 35 heavy (non-hydrogen) atoms. The summed E-state index contributed by atoms with van der Waals surface area (Å²) in [7, 11) is 0. The fraction of sp³-hybridized carbons (Fsp3) is 0.519. The van der Waals surface area contributed by atoms with Crippen molar-refractivity contribution in [2.24, 2.45) is 5.92 Å². The monoisotopic (exact) mass is 511 g/mol. The Labute approximate surface area is 218 Å². The first kappa shape index (κ1) is 24.6. The lowest BCUT2D eigenvalue weighted by molar-refractivity contribution is -0.134. The van der Waals surface area contributed by atoms with Crippen molar-refractivity contribution in [3.05, 3.63) is 63.9 Å². The van der Waals surface area contributed by atoms with Gasteiger partial charge in [-0.25, -0.2) is 5.01 Å². The molecule has 1 aromatic carbocycles. The Morgan fingerprint density at radius 1 is 1.09 bits per heavy atom. The number of aryl methyl sites for hydroxylation is 2. The van der Waals surface area contributed by atoms with Crippen LogP contribution in [0.3, 0.4) is 0 Å². The highest BCUT2D eigenvalue weighted by Crippen LogP contribution is 2.37. The molecule has 1 aromatic heterocycles. The number of amides is 1. The van der Waals surface area contributed by atoms with Gasteiger partial charge >= 0.3 is 0 Å². The van der Waals surface area contributed by atoms with Crippen LogP contribution in [0.15, 0.2) is 36.5 Å². The van der Waals surface area contributed by atoms with Crippen LogP contribution in [0.1, 0.15) is 54.6 Å². The Balaban J connectivity index is 1.23. The summed E-state index contributed by atoms with van der Waals surface area (Å²) in [6, 6.07) is 10.6. The highest BCUT2D eigenvalue weighted by atomic mass is 35.5. The number of hydrazine groups is 1. The van der Waals surface area contributed by atoms with Crippen molar-refractivity contribution < 1.29 is 4.79 Å². The average Bonchev–Trinajstić information content (AvgIpc) is 3.01. The molecule has 0 radical (unpaired) electrons. The number of piperidine rings is 1. The predicted molar refractivity (Wildman–Crippen MR) is 143 cm³/mol.